The van der Waals surface area contributed by atoms with E-state index in [2.05, 4.69) is 21.4 Å². The van der Waals surface area contributed by atoms with Crippen LogP contribution in [0.4, 0.5) is 9.18 Å². The third-order valence-electron chi connectivity index (χ3n) is 7.34. The summed E-state index contributed by atoms with van der Waals surface area (Å²) >= 11 is 12.9. The highest BCUT2D eigenvalue weighted by atomic mass is 35.5. The number of nitrogens with zero attached hydrogens (tertiary/aromatic N) is 6. The number of fused-ring (bicyclic) bond motifs is 3. The molecule has 2 atom stereocenters. The van der Waals surface area contributed by atoms with Crippen LogP contribution in [0.1, 0.15) is 51.6 Å². The first-order valence-electron chi connectivity index (χ1n) is 13.5. The lowest BCUT2D eigenvalue weighted by Gasteiger charge is -2.39. The number of aromatic nitrogens is 4. The van der Waals surface area contributed by atoms with E-state index < -0.39 is 44.5 Å². The third-order valence-corrected chi connectivity index (χ3v) is 9.05. The Bertz CT molecular complexity index is 1930. The molecule has 0 spiro atoms. The van der Waals surface area contributed by atoms with E-state index >= 15 is 4.39 Å². The number of hydrogen-bond donors (Lipinski definition) is 0. The molecule has 0 unspecified atom stereocenters. The van der Waals surface area contributed by atoms with Crippen LogP contribution in [0, 0.1) is 24.1 Å². The largest absolute Gasteiger partial charge is 0.444 e. The highest BCUT2D eigenvalue weighted by Crippen LogP contribution is 2.41. The van der Waals surface area contributed by atoms with E-state index in [1.807, 2.05) is 0 Å². The van der Waals surface area contributed by atoms with E-state index in [0.29, 0.717) is 29.0 Å². The minimum atomic E-state index is -3.97. The lowest BCUT2D eigenvalue weighted by atomic mass is 9.95. The highest BCUT2D eigenvalue weighted by molar-refractivity contribution is 7.90. The van der Waals surface area contributed by atoms with E-state index in [9.17, 15) is 18.5 Å². The topological polar surface area (TPSA) is 131 Å². The standard InChI is InChI=1S/C29H29Cl2FN6O4S/c1-15-12-16(6-7-20(15)30)22-21(31)14-19-24(23(22)32)34-27(43(5,40)41)25-26(19)38(36-35-25)18-9-11-37(17(13-18)8-10-33)28(39)42-29(2,3)4/h6-7,12,14,17-18H,8-9,11,13H2,1-5H3/t17-,18+/m1/s1. The third kappa shape index (κ3) is 5.86. The molecule has 1 amide bonds. The van der Waals surface area contributed by atoms with Gasteiger partial charge in [0, 0.05) is 28.8 Å². The van der Waals surface area contributed by atoms with Crippen LogP contribution in [-0.4, -0.2) is 63.8 Å². The second-order valence-electron chi connectivity index (χ2n) is 11.7. The molecule has 0 radical (unpaired) electrons. The molecule has 2 aromatic heterocycles. The van der Waals surface area contributed by atoms with Gasteiger partial charge in [-0.15, -0.1) is 5.10 Å². The summed E-state index contributed by atoms with van der Waals surface area (Å²) in [6.45, 7) is 7.33. The van der Waals surface area contributed by atoms with Crippen LogP contribution < -0.4 is 0 Å². The maximum atomic E-state index is 16.3. The number of likely N-dealkylation sites (tertiary alicyclic amines) is 1. The number of carbonyl (C=O) groups excluding carboxylic acids is 1. The molecule has 3 heterocycles. The quantitative estimate of drug-likeness (QED) is 0.240. The van der Waals surface area contributed by atoms with Crippen molar-refractivity contribution in [3.05, 3.63) is 45.7 Å². The van der Waals surface area contributed by atoms with E-state index in [-0.39, 0.29) is 45.5 Å². The van der Waals surface area contributed by atoms with Crippen molar-refractivity contribution in [3.63, 3.8) is 0 Å². The Hall–Kier alpha value is -3.53. The van der Waals surface area contributed by atoms with Crippen molar-refractivity contribution in [3.8, 4) is 17.2 Å². The van der Waals surface area contributed by atoms with Crippen LogP contribution in [0.5, 0.6) is 0 Å². The first-order valence-corrected chi connectivity index (χ1v) is 16.1. The number of amides is 1. The number of nitriles is 1. The molecule has 2 aromatic carbocycles. The summed E-state index contributed by atoms with van der Waals surface area (Å²) in [7, 11) is -3.97. The number of benzene rings is 2. The van der Waals surface area contributed by atoms with Crippen LogP contribution in [0.25, 0.3) is 33.1 Å². The SMILES string of the molecule is Cc1cc(-c2c(Cl)cc3c(nc(S(C)(=O)=O)c4nnn([C@H]5CCN(C(=O)OC(C)(C)C)[C@H](CC#N)C5)c43)c2F)ccc1Cl. The van der Waals surface area contributed by atoms with Gasteiger partial charge in [0.15, 0.2) is 26.2 Å². The summed E-state index contributed by atoms with van der Waals surface area (Å²) in [6.07, 6.45) is 1.20. The molecule has 0 aliphatic carbocycles. The van der Waals surface area contributed by atoms with Crippen molar-refractivity contribution < 1.29 is 22.3 Å². The van der Waals surface area contributed by atoms with Crippen molar-refractivity contribution in [2.75, 3.05) is 12.8 Å². The molecular weight excluding hydrogens is 618 g/mol. The zero-order valence-electron chi connectivity index (χ0n) is 24.2. The Kier molecular flexibility index (Phi) is 8.05. The molecule has 1 aliphatic rings. The number of hydrogen-bond acceptors (Lipinski definition) is 8. The van der Waals surface area contributed by atoms with E-state index in [1.165, 1.54) is 15.6 Å². The van der Waals surface area contributed by atoms with Crippen LogP contribution in [0.3, 0.4) is 0 Å². The van der Waals surface area contributed by atoms with Crippen molar-refractivity contribution in [1.29, 1.82) is 5.26 Å². The fraction of sp³-hybridized carbons (Fsp3) is 0.414. The Balaban J connectivity index is 1.68. The summed E-state index contributed by atoms with van der Waals surface area (Å²) < 4.78 is 49.2. The van der Waals surface area contributed by atoms with Crippen molar-refractivity contribution in [1.82, 2.24) is 24.9 Å². The smallest absolute Gasteiger partial charge is 0.410 e. The van der Waals surface area contributed by atoms with Gasteiger partial charge in [0.1, 0.15) is 16.6 Å². The highest BCUT2D eigenvalue weighted by Gasteiger charge is 2.37. The van der Waals surface area contributed by atoms with E-state index in [1.54, 1.807) is 45.9 Å². The molecule has 43 heavy (non-hydrogen) atoms. The number of aryl methyl sites for hydroxylation is 1. The molecule has 1 aliphatic heterocycles. The molecule has 0 saturated carbocycles. The molecule has 1 saturated heterocycles. The molecular formula is C29H29Cl2FN6O4S. The van der Waals surface area contributed by atoms with E-state index in [0.717, 1.165) is 6.26 Å². The maximum absolute atomic E-state index is 16.3. The van der Waals surface area contributed by atoms with Gasteiger partial charge in [0.05, 0.1) is 29.6 Å². The average molecular weight is 648 g/mol. The van der Waals surface area contributed by atoms with Gasteiger partial charge in [0.25, 0.3) is 0 Å². The van der Waals surface area contributed by atoms with Crippen molar-refractivity contribution in [2.24, 2.45) is 0 Å². The molecule has 5 rings (SSSR count). The second-order valence-corrected chi connectivity index (χ2v) is 14.4. The second kappa shape index (κ2) is 11.2. The Morgan fingerprint density at radius 1 is 1.21 bits per heavy atom. The first-order chi connectivity index (χ1) is 20.1. The van der Waals surface area contributed by atoms with Gasteiger partial charge >= 0.3 is 6.09 Å². The summed E-state index contributed by atoms with van der Waals surface area (Å²) in [6, 6.07) is 7.70. The van der Waals surface area contributed by atoms with Gasteiger partial charge in [-0.2, -0.15) is 5.26 Å². The molecule has 0 N–H and O–H groups in total. The Morgan fingerprint density at radius 3 is 2.56 bits per heavy atom. The number of halogens is 3. The molecule has 1 fully saturated rings. The Labute approximate surface area is 258 Å². The van der Waals surface area contributed by atoms with Gasteiger partial charge < -0.3 is 9.64 Å². The summed E-state index contributed by atoms with van der Waals surface area (Å²) in [5.41, 5.74) is 0.524. The van der Waals surface area contributed by atoms with Gasteiger partial charge in [-0.05, 0) is 69.9 Å². The predicted molar refractivity (Wildman–Crippen MR) is 161 cm³/mol. The number of piperidine rings is 1. The van der Waals surface area contributed by atoms with Gasteiger partial charge in [-0.1, -0.05) is 34.5 Å². The summed E-state index contributed by atoms with van der Waals surface area (Å²) in [5, 5.41) is 18.4. The van der Waals surface area contributed by atoms with Crippen LogP contribution in [-0.2, 0) is 14.6 Å². The first kappa shape index (κ1) is 30.9. The minimum absolute atomic E-state index is 0.0213. The van der Waals surface area contributed by atoms with Crippen LogP contribution in [0.15, 0.2) is 29.3 Å². The van der Waals surface area contributed by atoms with Crippen molar-refractivity contribution >= 4 is 61.1 Å². The fourth-order valence-corrected chi connectivity index (χ4v) is 6.60. The summed E-state index contributed by atoms with van der Waals surface area (Å²) in [5.74, 6) is -0.800. The molecule has 4 aromatic rings. The average Bonchev–Trinajstić information content (AvgIpc) is 3.34. The number of ether oxygens (including phenoxy) is 1. The predicted octanol–water partition coefficient (Wildman–Crippen LogP) is 6.66. The number of sulfone groups is 1. The normalized spacial score (nSPS) is 17.8. The summed E-state index contributed by atoms with van der Waals surface area (Å²) in [4.78, 5) is 18.7. The van der Waals surface area contributed by atoms with E-state index in [4.69, 9.17) is 27.9 Å². The fourth-order valence-electron chi connectivity index (χ4n) is 5.43. The lowest BCUT2D eigenvalue weighted by molar-refractivity contribution is 0.00556. The van der Waals surface area contributed by atoms with Crippen molar-refractivity contribution in [2.45, 2.75) is 69.7 Å². The van der Waals surface area contributed by atoms with Gasteiger partial charge in [0.2, 0.25) is 0 Å². The molecule has 226 valence electrons. The maximum Gasteiger partial charge on any atom is 0.410 e. The number of carbonyl (C=O) groups is 1. The molecule has 0 bridgehead atoms. The number of pyridine rings is 1. The van der Waals surface area contributed by atoms with Crippen LogP contribution in [0.2, 0.25) is 10.0 Å². The Morgan fingerprint density at radius 2 is 1.93 bits per heavy atom. The lowest BCUT2D eigenvalue weighted by Crippen LogP contribution is -2.48. The van der Waals surface area contributed by atoms with Gasteiger partial charge in [-0.3, -0.25) is 0 Å². The number of rotatable bonds is 4. The molecule has 14 heteroatoms. The monoisotopic (exact) mass is 646 g/mol. The molecule has 10 nitrogen and oxygen atoms in total. The minimum Gasteiger partial charge on any atom is -0.444 e. The zero-order chi connectivity index (χ0) is 31.4. The zero-order valence-corrected chi connectivity index (χ0v) is 26.5. The van der Waals surface area contributed by atoms with Gasteiger partial charge in [-0.25, -0.2) is 27.3 Å². The van der Waals surface area contributed by atoms with Crippen LogP contribution >= 0.6 is 23.2 Å².